The predicted octanol–water partition coefficient (Wildman–Crippen LogP) is 1.28. The number of hydrogen-bond acceptors (Lipinski definition) is 3. The zero-order valence-corrected chi connectivity index (χ0v) is 7.12. The highest BCUT2D eigenvalue weighted by molar-refractivity contribution is 4.81. The fraction of sp³-hybridized carbons (Fsp3) is 0.750. The Balaban J connectivity index is 3.24. The van der Waals surface area contributed by atoms with Crippen LogP contribution >= 0.6 is 0 Å². The van der Waals surface area contributed by atoms with Crippen LogP contribution < -0.4 is 0 Å². The van der Waals surface area contributed by atoms with Gasteiger partial charge < -0.3 is 14.6 Å². The summed E-state index contributed by atoms with van der Waals surface area (Å²) in [6, 6.07) is 0. The maximum atomic E-state index is 9.14. The molecule has 0 fully saturated rings. The number of aliphatic hydroxyl groups excluding tert-OH is 1. The van der Waals surface area contributed by atoms with Crippen LogP contribution in [0.1, 0.15) is 19.8 Å². The Bertz CT molecular complexity index is 102. The summed E-state index contributed by atoms with van der Waals surface area (Å²) in [7, 11) is 1.55. The Morgan fingerprint density at radius 3 is 2.82 bits per heavy atom. The predicted molar refractivity (Wildman–Crippen MR) is 43.0 cm³/mol. The van der Waals surface area contributed by atoms with E-state index in [1.165, 1.54) is 6.26 Å². The summed E-state index contributed by atoms with van der Waals surface area (Å²) in [6.07, 6.45) is 4.42. The molecular formula is C8H16O3. The van der Waals surface area contributed by atoms with E-state index >= 15 is 0 Å². The van der Waals surface area contributed by atoms with Crippen molar-refractivity contribution in [2.75, 3.05) is 13.9 Å². The second kappa shape index (κ2) is 7.57. The molecule has 0 aromatic heterocycles. The first-order chi connectivity index (χ1) is 5.31. The zero-order valence-electron chi connectivity index (χ0n) is 7.12. The Hall–Kier alpha value is -0.540. The van der Waals surface area contributed by atoms with Crippen LogP contribution in [0.2, 0.25) is 0 Å². The van der Waals surface area contributed by atoms with Crippen molar-refractivity contribution in [2.24, 2.45) is 0 Å². The van der Waals surface area contributed by atoms with Gasteiger partial charge in [-0.1, -0.05) is 13.3 Å². The Morgan fingerprint density at radius 2 is 2.27 bits per heavy atom. The van der Waals surface area contributed by atoms with E-state index in [-0.39, 0.29) is 6.79 Å². The molecule has 0 saturated heterocycles. The minimum atomic E-state index is -0.392. The fourth-order valence-corrected chi connectivity index (χ4v) is 0.646. The molecule has 0 aromatic carbocycles. The number of aliphatic hydroxyl groups is 1. The first-order valence-corrected chi connectivity index (χ1v) is 3.76. The molecule has 0 saturated carbocycles. The van der Waals surface area contributed by atoms with E-state index in [2.05, 4.69) is 4.74 Å². The number of hydrogen-bond donors (Lipinski definition) is 1. The van der Waals surface area contributed by atoms with E-state index in [4.69, 9.17) is 9.84 Å². The molecule has 0 amide bonds. The van der Waals surface area contributed by atoms with E-state index in [1.54, 1.807) is 13.2 Å². The molecule has 0 aliphatic heterocycles. The molecule has 1 atom stereocenters. The van der Waals surface area contributed by atoms with Crippen molar-refractivity contribution in [1.29, 1.82) is 0 Å². The lowest BCUT2D eigenvalue weighted by Crippen LogP contribution is -2.01. The maximum absolute atomic E-state index is 9.14. The monoisotopic (exact) mass is 160 g/mol. The third kappa shape index (κ3) is 7.36. The van der Waals surface area contributed by atoms with Crippen LogP contribution in [-0.2, 0) is 9.47 Å². The first kappa shape index (κ1) is 10.5. The van der Waals surface area contributed by atoms with E-state index in [0.29, 0.717) is 0 Å². The fourth-order valence-electron chi connectivity index (χ4n) is 0.646. The molecule has 0 rings (SSSR count). The van der Waals surface area contributed by atoms with Gasteiger partial charge in [0.15, 0.2) is 6.79 Å². The second-order valence-electron chi connectivity index (χ2n) is 2.26. The molecule has 0 radical (unpaired) electrons. The van der Waals surface area contributed by atoms with Crippen molar-refractivity contribution in [3.8, 4) is 0 Å². The standard InChI is InChI=1S/C8H16O3/c1-3-4-8(9)5-6-11-7-10-2/h5-6,8-9H,3-4,7H2,1-2H3/b6-5-. The van der Waals surface area contributed by atoms with Gasteiger partial charge in [-0.3, -0.25) is 0 Å². The average Bonchev–Trinajstić information content (AvgIpc) is 1.99. The van der Waals surface area contributed by atoms with Gasteiger partial charge in [-0.05, 0) is 12.5 Å². The van der Waals surface area contributed by atoms with Crippen LogP contribution in [0.3, 0.4) is 0 Å². The van der Waals surface area contributed by atoms with E-state index < -0.39 is 6.10 Å². The van der Waals surface area contributed by atoms with Gasteiger partial charge in [0.25, 0.3) is 0 Å². The number of methoxy groups -OCH3 is 1. The third-order valence-corrected chi connectivity index (χ3v) is 1.17. The summed E-state index contributed by atoms with van der Waals surface area (Å²) < 4.78 is 9.47. The smallest absolute Gasteiger partial charge is 0.187 e. The number of rotatable bonds is 6. The van der Waals surface area contributed by atoms with Gasteiger partial charge in [0.05, 0.1) is 12.4 Å². The van der Waals surface area contributed by atoms with Crippen LogP contribution in [0, 0.1) is 0 Å². The maximum Gasteiger partial charge on any atom is 0.187 e. The Morgan fingerprint density at radius 1 is 1.55 bits per heavy atom. The van der Waals surface area contributed by atoms with Crippen LogP contribution in [0.5, 0.6) is 0 Å². The van der Waals surface area contributed by atoms with Gasteiger partial charge in [-0.2, -0.15) is 0 Å². The molecule has 3 nitrogen and oxygen atoms in total. The van der Waals surface area contributed by atoms with E-state index in [9.17, 15) is 0 Å². The van der Waals surface area contributed by atoms with Crippen molar-refractivity contribution in [3.05, 3.63) is 12.3 Å². The lowest BCUT2D eigenvalue weighted by molar-refractivity contribution is 0.0186. The lowest BCUT2D eigenvalue weighted by Gasteiger charge is -2.01. The Kier molecular flexibility index (Phi) is 7.19. The van der Waals surface area contributed by atoms with Gasteiger partial charge >= 0.3 is 0 Å². The molecule has 0 heterocycles. The van der Waals surface area contributed by atoms with Crippen molar-refractivity contribution in [3.63, 3.8) is 0 Å². The minimum absolute atomic E-state index is 0.231. The molecule has 0 aromatic rings. The quantitative estimate of drug-likeness (QED) is 0.361. The minimum Gasteiger partial charge on any atom is -0.475 e. The van der Waals surface area contributed by atoms with Crippen molar-refractivity contribution < 1.29 is 14.6 Å². The molecule has 1 N–H and O–H groups in total. The third-order valence-electron chi connectivity index (χ3n) is 1.17. The molecule has 11 heavy (non-hydrogen) atoms. The van der Waals surface area contributed by atoms with Crippen molar-refractivity contribution in [2.45, 2.75) is 25.9 Å². The van der Waals surface area contributed by atoms with Crippen LogP contribution in [0.25, 0.3) is 0 Å². The van der Waals surface area contributed by atoms with E-state index in [0.717, 1.165) is 12.8 Å². The van der Waals surface area contributed by atoms with Gasteiger partial charge in [0.1, 0.15) is 0 Å². The van der Waals surface area contributed by atoms with Crippen LogP contribution in [-0.4, -0.2) is 25.1 Å². The van der Waals surface area contributed by atoms with Gasteiger partial charge in [0.2, 0.25) is 0 Å². The zero-order chi connectivity index (χ0) is 8.53. The van der Waals surface area contributed by atoms with E-state index in [1.807, 2.05) is 6.92 Å². The lowest BCUT2D eigenvalue weighted by atomic mass is 10.2. The molecule has 66 valence electrons. The Labute approximate surface area is 67.6 Å². The molecule has 3 heteroatoms. The summed E-state index contributed by atoms with van der Waals surface area (Å²) in [5.74, 6) is 0. The summed E-state index contributed by atoms with van der Waals surface area (Å²) in [6.45, 7) is 2.25. The van der Waals surface area contributed by atoms with Crippen molar-refractivity contribution >= 4 is 0 Å². The summed E-state index contributed by atoms with van der Waals surface area (Å²) in [5.41, 5.74) is 0. The highest BCUT2D eigenvalue weighted by Crippen LogP contribution is 1.97. The second-order valence-corrected chi connectivity index (χ2v) is 2.26. The van der Waals surface area contributed by atoms with Crippen LogP contribution in [0.4, 0.5) is 0 Å². The molecular weight excluding hydrogens is 144 g/mol. The largest absolute Gasteiger partial charge is 0.475 e. The number of ether oxygens (including phenoxy) is 2. The topological polar surface area (TPSA) is 38.7 Å². The normalized spacial score (nSPS) is 13.7. The highest BCUT2D eigenvalue weighted by atomic mass is 16.7. The highest BCUT2D eigenvalue weighted by Gasteiger charge is 1.94. The van der Waals surface area contributed by atoms with Gasteiger partial charge in [0, 0.05) is 7.11 Å². The van der Waals surface area contributed by atoms with Crippen molar-refractivity contribution in [1.82, 2.24) is 0 Å². The molecule has 1 unspecified atom stereocenters. The SMILES string of the molecule is CCCC(O)/C=C\OCOC. The first-order valence-electron chi connectivity index (χ1n) is 3.76. The molecule has 0 aliphatic carbocycles. The average molecular weight is 160 g/mol. The summed E-state index contributed by atoms with van der Waals surface area (Å²) in [5, 5.41) is 9.14. The van der Waals surface area contributed by atoms with Gasteiger partial charge in [-0.15, -0.1) is 0 Å². The van der Waals surface area contributed by atoms with Gasteiger partial charge in [-0.25, -0.2) is 0 Å². The summed E-state index contributed by atoms with van der Waals surface area (Å²) in [4.78, 5) is 0. The summed E-state index contributed by atoms with van der Waals surface area (Å²) >= 11 is 0. The molecule has 0 bridgehead atoms. The molecule has 0 aliphatic rings. The molecule has 0 spiro atoms. The van der Waals surface area contributed by atoms with Crippen LogP contribution in [0.15, 0.2) is 12.3 Å².